The first-order chi connectivity index (χ1) is 20.0. The Morgan fingerprint density at radius 1 is 0.659 bits per heavy atom. The Bertz CT molecular complexity index is 1130. The fourth-order valence-electron chi connectivity index (χ4n) is 5.45. The van der Waals surface area contributed by atoms with E-state index in [4.69, 9.17) is 18.9 Å². The van der Waals surface area contributed by atoms with Crippen LogP contribution in [-0.4, -0.2) is 77.0 Å². The van der Waals surface area contributed by atoms with Crippen LogP contribution in [0.5, 0.6) is 23.0 Å². The average molecular weight is 569 g/mol. The lowest BCUT2D eigenvalue weighted by Crippen LogP contribution is -2.47. The average Bonchev–Trinajstić information content (AvgIpc) is 3.00. The molecule has 3 aromatic carbocycles. The lowest BCUT2D eigenvalue weighted by molar-refractivity contribution is 0.115. The van der Waals surface area contributed by atoms with Crippen LogP contribution in [0.25, 0.3) is 0 Å². The van der Waals surface area contributed by atoms with Gasteiger partial charge in [-0.15, -0.1) is 0 Å². The summed E-state index contributed by atoms with van der Waals surface area (Å²) in [5, 5.41) is 0. The third-order valence-electron chi connectivity index (χ3n) is 7.79. The number of methoxy groups -OCH3 is 3. The number of ether oxygens (including phenoxy) is 4. The van der Waals surface area contributed by atoms with E-state index in [9.17, 15) is 8.78 Å². The number of nitrogens with zero attached hydrogens (tertiary/aromatic N) is 2. The molecule has 0 spiro atoms. The van der Waals surface area contributed by atoms with E-state index in [0.29, 0.717) is 29.6 Å². The van der Waals surface area contributed by atoms with Gasteiger partial charge in [0.2, 0.25) is 5.75 Å². The molecule has 0 saturated carbocycles. The molecule has 0 aromatic heterocycles. The zero-order valence-electron chi connectivity index (χ0n) is 24.4. The highest BCUT2D eigenvalue weighted by Gasteiger charge is 2.18. The van der Waals surface area contributed by atoms with Crippen LogP contribution in [0.2, 0.25) is 0 Å². The van der Waals surface area contributed by atoms with Gasteiger partial charge >= 0.3 is 0 Å². The number of unbranched alkanes of at least 4 members (excludes halogenated alkanes) is 2. The molecule has 8 heteroatoms. The van der Waals surface area contributed by atoms with Gasteiger partial charge < -0.3 is 23.8 Å². The molecule has 0 aliphatic carbocycles. The maximum Gasteiger partial charge on any atom is 0.203 e. The van der Waals surface area contributed by atoms with Gasteiger partial charge in [-0.2, -0.15) is 0 Å². The summed E-state index contributed by atoms with van der Waals surface area (Å²) in [5.74, 6) is 2.07. The summed E-state index contributed by atoms with van der Waals surface area (Å²) in [4.78, 5) is 4.97. The van der Waals surface area contributed by atoms with E-state index in [1.807, 2.05) is 36.4 Å². The van der Waals surface area contributed by atoms with E-state index < -0.39 is 0 Å². The minimum Gasteiger partial charge on any atom is -0.493 e. The molecule has 4 rings (SSSR count). The van der Waals surface area contributed by atoms with Crippen LogP contribution in [0.4, 0.5) is 8.78 Å². The van der Waals surface area contributed by atoms with Crippen molar-refractivity contribution in [2.45, 2.75) is 31.6 Å². The van der Waals surface area contributed by atoms with Crippen LogP contribution in [-0.2, 0) is 0 Å². The zero-order valence-corrected chi connectivity index (χ0v) is 24.4. The van der Waals surface area contributed by atoms with Gasteiger partial charge in [0.25, 0.3) is 0 Å². The summed E-state index contributed by atoms with van der Waals surface area (Å²) in [6.45, 7) is 6.69. The predicted octanol–water partition coefficient (Wildman–Crippen LogP) is 6.38. The molecule has 3 aromatic rings. The van der Waals surface area contributed by atoms with Gasteiger partial charge in [0.05, 0.1) is 21.3 Å². The number of rotatable bonds is 15. The molecule has 6 nitrogen and oxygen atoms in total. The normalized spacial score (nSPS) is 14.3. The number of hydrogen-bond donors (Lipinski definition) is 0. The molecule has 0 unspecified atom stereocenters. The second-order valence-corrected chi connectivity index (χ2v) is 10.4. The van der Waals surface area contributed by atoms with Gasteiger partial charge in [-0.05, 0) is 54.8 Å². The largest absolute Gasteiger partial charge is 0.493 e. The number of halogens is 2. The van der Waals surface area contributed by atoms with Gasteiger partial charge in [-0.1, -0.05) is 37.1 Å². The van der Waals surface area contributed by atoms with E-state index in [0.717, 1.165) is 76.1 Å². The molecule has 1 saturated heterocycles. The Labute approximate surface area is 242 Å². The number of hydrogen-bond acceptors (Lipinski definition) is 6. The van der Waals surface area contributed by atoms with Crippen LogP contribution < -0.4 is 18.9 Å². The molecule has 41 heavy (non-hydrogen) atoms. The molecule has 1 aliphatic rings. The molecular weight excluding hydrogens is 526 g/mol. The second kappa shape index (κ2) is 15.6. The van der Waals surface area contributed by atoms with E-state index in [2.05, 4.69) is 9.80 Å². The Morgan fingerprint density at radius 2 is 1.17 bits per heavy atom. The summed E-state index contributed by atoms with van der Waals surface area (Å²) in [6.07, 6.45) is 4.29. The van der Waals surface area contributed by atoms with Gasteiger partial charge in [-0.3, -0.25) is 4.90 Å². The second-order valence-electron chi connectivity index (χ2n) is 10.4. The summed E-state index contributed by atoms with van der Waals surface area (Å²) < 4.78 is 49.2. The van der Waals surface area contributed by atoms with Gasteiger partial charge in [0.1, 0.15) is 24.0 Å². The molecule has 0 atom stereocenters. The molecule has 222 valence electrons. The topological polar surface area (TPSA) is 43.4 Å². The Hall–Kier alpha value is -3.36. The molecule has 0 N–H and O–H groups in total. The van der Waals surface area contributed by atoms with E-state index in [1.54, 1.807) is 21.3 Å². The van der Waals surface area contributed by atoms with Crippen molar-refractivity contribution in [3.63, 3.8) is 0 Å². The highest BCUT2D eigenvalue weighted by Crippen LogP contribution is 2.40. The van der Waals surface area contributed by atoms with Crippen molar-refractivity contribution in [3.8, 4) is 23.0 Å². The van der Waals surface area contributed by atoms with E-state index in [-0.39, 0.29) is 17.6 Å². The first-order valence-electron chi connectivity index (χ1n) is 14.4. The number of piperazine rings is 1. The third-order valence-corrected chi connectivity index (χ3v) is 7.79. The standard InChI is InChI=1S/C33H42F2N2O4/c1-38-31-23-29(24-32(39-2)33(31)40-3)41-22-21-37-19-17-36(18-20-37)16-6-4-5-7-30(25-8-12-27(34)13-9-25)26-10-14-28(35)15-11-26/h8-15,23-24,30H,4-7,16-22H2,1-3H3. The van der Waals surface area contributed by atoms with E-state index >= 15 is 0 Å². The lowest BCUT2D eigenvalue weighted by atomic mass is 9.87. The summed E-state index contributed by atoms with van der Waals surface area (Å²) >= 11 is 0. The SMILES string of the molecule is COc1cc(OCCN2CCN(CCCCCC(c3ccc(F)cc3)c3ccc(F)cc3)CC2)cc(OC)c1OC. The van der Waals surface area contributed by atoms with Gasteiger partial charge in [-0.25, -0.2) is 8.78 Å². The maximum absolute atomic E-state index is 13.5. The Balaban J connectivity index is 1.15. The van der Waals surface area contributed by atoms with Crippen molar-refractivity contribution in [2.75, 3.05) is 67.2 Å². The summed E-state index contributed by atoms with van der Waals surface area (Å²) in [6, 6.07) is 17.0. The van der Waals surface area contributed by atoms with Crippen molar-refractivity contribution >= 4 is 0 Å². The van der Waals surface area contributed by atoms with Crippen LogP contribution in [0.3, 0.4) is 0 Å². The maximum atomic E-state index is 13.5. The fraction of sp³-hybridized carbons (Fsp3) is 0.455. The number of benzene rings is 3. The van der Waals surface area contributed by atoms with Crippen molar-refractivity contribution < 1.29 is 27.7 Å². The molecule has 1 fully saturated rings. The predicted molar refractivity (Wildman–Crippen MR) is 158 cm³/mol. The zero-order chi connectivity index (χ0) is 29.0. The smallest absolute Gasteiger partial charge is 0.203 e. The highest BCUT2D eigenvalue weighted by atomic mass is 19.1. The molecular formula is C33H42F2N2O4. The fourth-order valence-corrected chi connectivity index (χ4v) is 5.45. The Kier molecular flexibility index (Phi) is 11.6. The molecule has 0 radical (unpaired) electrons. The lowest BCUT2D eigenvalue weighted by Gasteiger charge is -2.34. The molecule has 1 heterocycles. The molecule has 0 bridgehead atoms. The van der Waals surface area contributed by atoms with Crippen LogP contribution in [0, 0.1) is 11.6 Å². The van der Waals surface area contributed by atoms with Crippen molar-refractivity contribution in [1.82, 2.24) is 9.80 Å². The van der Waals surface area contributed by atoms with Crippen LogP contribution in [0.1, 0.15) is 42.7 Å². The minimum atomic E-state index is -0.238. The Morgan fingerprint density at radius 3 is 1.66 bits per heavy atom. The first-order valence-corrected chi connectivity index (χ1v) is 14.4. The molecule has 0 amide bonds. The van der Waals surface area contributed by atoms with Gasteiger partial charge in [0, 0.05) is 50.8 Å². The van der Waals surface area contributed by atoms with Crippen molar-refractivity contribution in [2.24, 2.45) is 0 Å². The summed E-state index contributed by atoms with van der Waals surface area (Å²) in [5.41, 5.74) is 2.15. The van der Waals surface area contributed by atoms with Gasteiger partial charge in [0.15, 0.2) is 11.5 Å². The van der Waals surface area contributed by atoms with Crippen LogP contribution in [0.15, 0.2) is 60.7 Å². The van der Waals surface area contributed by atoms with Crippen LogP contribution >= 0.6 is 0 Å². The minimum absolute atomic E-state index is 0.141. The van der Waals surface area contributed by atoms with E-state index in [1.165, 1.54) is 24.3 Å². The van der Waals surface area contributed by atoms with Crippen molar-refractivity contribution in [3.05, 3.63) is 83.4 Å². The third kappa shape index (κ3) is 8.81. The quantitative estimate of drug-likeness (QED) is 0.198. The highest BCUT2D eigenvalue weighted by molar-refractivity contribution is 5.55. The first kappa shape index (κ1) is 30.6. The molecule has 1 aliphatic heterocycles. The summed E-state index contributed by atoms with van der Waals surface area (Å²) in [7, 11) is 4.78. The monoisotopic (exact) mass is 568 g/mol. The van der Waals surface area contributed by atoms with Crippen molar-refractivity contribution in [1.29, 1.82) is 0 Å².